The fraction of sp³-hybridized carbons (Fsp3) is 0.500. The average Bonchev–Trinajstić information content (AvgIpc) is 3.17. The molecular formula is C16H21N3O3. The number of aryl methyl sites for hydroxylation is 3. The normalized spacial score (nSPS) is 21.2. The third-order valence-electron chi connectivity index (χ3n) is 4.04. The highest BCUT2D eigenvalue weighted by atomic mass is 16.5. The summed E-state index contributed by atoms with van der Waals surface area (Å²) in [6.07, 6.45) is 4.28. The number of hydrogen-bond acceptors (Lipinski definition) is 4. The van der Waals surface area contributed by atoms with Gasteiger partial charge in [-0.2, -0.15) is 0 Å². The molecule has 0 bridgehead atoms. The minimum atomic E-state index is -0.202. The van der Waals surface area contributed by atoms with Gasteiger partial charge < -0.3 is 19.0 Å². The Kier molecular flexibility index (Phi) is 4.02. The summed E-state index contributed by atoms with van der Waals surface area (Å²) in [7, 11) is 0. The number of rotatable bonds is 4. The van der Waals surface area contributed by atoms with Crippen LogP contribution >= 0.6 is 0 Å². The molecule has 6 nitrogen and oxygen atoms in total. The number of ether oxygens (including phenoxy) is 1. The van der Waals surface area contributed by atoms with Crippen LogP contribution in [0.4, 0.5) is 0 Å². The van der Waals surface area contributed by atoms with Crippen LogP contribution in [-0.4, -0.2) is 28.1 Å². The van der Waals surface area contributed by atoms with E-state index in [4.69, 9.17) is 9.15 Å². The van der Waals surface area contributed by atoms with Crippen LogP contribution in [0.25, 0.3) is 0 Å². The maximum absolute atomic E-state index is 12.5. The van der Waals surface area contributed by atoms with Crippen molar-refractivity contribution in [2.45, 2.75) is 45.9 Å². The third-order valence-corrected chi connectivity index (χ3v) is 4.04. The largest absolute Gasteiger partial charge is 0.466 e. The first kappa shape index (κ1) is 14.8. The average molecular weight is 303 g/mol. The quantitative estimate of drug-likeness (QED) is 0.941. The van der Waals surface area contributed by atoms with Gasteiger partial charge in [0, 0.05) is 25.5 Å². The maximum atomic E-state index is 12.5. The van der Waals surface area contributed by atoms with Crippen molar-refractivity contribution >= 4 is 5.91 Å². The van der Waals surface area contributed by atoms with E-state index in [-0.39, 0.29) is 18.1 Å². The number of aromatic nitrogens is 2. The van der Waals surface area contributed by atoms with Crippen molar-refractivity contribution in [3.63, 3.8) is 0 Å². The molecule has 1 N–H and O–H groups in total. The lowest BCUT2D eigenvalue weighted by atomic mass is 10.1. The van der Waals surface area contributed by atoms with Gasteiger partial charge in [-0.1, -0.05) is 0 Å². The van der Waals surface area contributed by atoms with E-state index in [9.17, 15) is 4.79 Å². The van der Waals surface area contributed by atoms with Gasteiger partial charge in [0.15, 0.2) is 0 Å². The molecule has 0 saturated carbocycles. The summed E-state index contributed by atoms with van der Waals surface area (Å²) in [6, 6.07) is 1.69. The van der Waals surface area contributed by atoms with Crippen LogP contribution in [0.3, 0.4) is 0 Å². The molecule has 1 aliphatic heterocycles. The molecule has 0 radical (unpaired) electrons. The van der Waals surface area contributed by atoms with Crippen molar-refractivity contribution in [2.75, 3.05) is 6.61 Å². The van der Waals surface area contributed by atoms with Crippen LogP contribution in [0.1, 0.15) is 47.2 Å². The Hall–Kier alpha value is -2.08. The first-order valence-corrected chi connectivity index (χ1v) is 7.60. The smallest absolute Gasteiger partial charge is 0.255 e. The Morgan fingerprint density at radius 2 is 2.32 bits per heavy atom. The monoisotopic (exact) mass is 303 g/mol. The molecule has 2 atom stereocenters. The number of furan rings is 1. The van der Waals surface area contributed by atoms with Crippen molar-refractivity contribution in [3.05, 3.63) is 41.4 Å². The Bertz CT molecular complexity index is 674. The number of imidazole rings is 1. The molecule has 0 aliphatic carbocycles. The predicted octanol–water partition coefficient (Wildman–Crippen LogP) is 2.37. The molecule has 1 aliphatic rings. The maximum Gasteiger partial charge on any atom is 0.255 e. The van der Waals surface area contributed by atoms with Gasteiger partial charge in [0.1, 0.15) is 23.4 Å². The zero-order valence-electron chi connectivity index (χ0n) is 13.1. The lowest BCUT2D eigenvalue weighted by molar-refractivity contribution is 0.0775. The van der Waals surface area contributed by atoms with Gasteiger partial charge in [0.2, 0.25) is 0 Å². The molecule has 0 unspecified atom stereocenters. The molecule has 1 saturated heterocycles. The summed E-state index contributed by atoms with van der Waals surface area (Å²) < 4.78 is 13.3. The van der Waals surface area contributed by atoms with Crippen LogP contribution in [-0.2, 0) is 11.3 Å². The van der Waals surface area contributed by atoms with Gasteiger partial charge in [0.25, 0.3) is 5.91 Å². The standard InChI is InChI=1S/C16H21N3O3/c1-4-19-7-6-17-15(19)14-13(5-8-21-14)18-16(20)12-9-10(2)22-11(12)3/h6-7,9,13-14H,4-5,8H2,1-3H3,(H,18,20)/t13-,14-/m0/s1. The van der Waals surface area contributed by atoms with E-state index in [2.05, 4.69) is 17.2 Å². The number of hydrogen-bond donors (Lipinski definition) is 1. The minimum absolute atomic E-state index is 0.0743. The van der Waals surface area contributed by atoms with Crippen LogP contribution < -0.4 is 5.32 Å². The van der Waals surface area contributed by atoms with Gasteiger partial charge in [-0.15, -0.1) is 0 Å². The Morgan fingerprint density at radius 1 is 1.50 bits per heavy atom. The lowest BCUT2D eigenvalue weighted by Gasteiger charge is -2.20. The molecule has 3 heterocycles. The van der Waals surface area contributed by atoms with Crippen molar-refractivity contribution in [2.24, 2.45) is 0 Å². The molecule has 0 spiro atoms. The van der Waals surface area contributed by atoms with E-state index in [1.165, 1.54) is 0 Å². The highest BCUT2D eigenvalue weighted by Gasteiger charge is 2.34. The molecule has 6 heteroatoms. The third kappa shape index (κ3) is 2.66. The lowest BCUT2D eigenvalue weighted by Crippen LogP contribution is -2.37. The van der Waals surface area contributed by atoms with Crippen molar-refractivity contribution in [1.82, 2.24) is 14.9 Å². The first-order valence-electron chi connectivity index (χ1n) is 7.60. The molecule has 0 aromatic carbocycles. The molecule has 2 aromatic rings. The first-order chi connectivity index (χ1) is 10.6. The summed E-state index contributed by atoms with van der Waals surface area (Å²) in [6.45, 7) is 7.15. The van der Waals surface area contributed by atoms with E-state index in [0.717, 1.165) is 24.6 Å². The molecule has 1 fully saturated rings. The number of nitrogens with zero attached hydrogens (tertiary/aromatic N) is 2. The Balaban J connectivity index is 1.77. The van der Waals surface area contributed by atoms with E-state index in [1.807, 2.05) is 17.7 Å². The SMILES string of the molecule is CCn1ccnc1[C@H]1OCC[C@@H]1NC(=O)c1cc(C)oc1C. The summed E-state index contributed by atoms with van der Waals surface area (Å²) in [5, 5.41) is 3.06. The summed E-state index contributed by atoms with van der Waals surface area (Å²) >= 11 is 0. The Morgan fingerprint density at radius 3 is 3.00 bits per heavy atom. The molecular weight excluding hydrogens is 282 g/mol. The van der Waals surface area contributed by atoms with Crippen molar-refractivity contribution in [3.8, 4) is 0 Å². The molecule has 3 rings (SSSR count). The van der Waals surface area contributed by atoms with Gasteiger partial charge in [-0.05, 0) is 33.3 Å². The van der Waals surface area contributed by atoms with Gasteiger partial charge >= 0.3 is 0 Å². The minimum Gasteiger partial charge on any atom is -0.466 e. The van der Waals surface area contributed by atoms with Crippen LogP contribution in [0.2, 0.25) is 0 Å². The zero-order chi connectivity index (χ0) is 15.7. The van der Waals surface area contributed by atoms with Gasteiger partial charge in [-0.3, -0.25) is 4.79 Å². The number of carbonyl (C=O) groups is 1. The van der Waals surface area contributed by atoms with Crippen molar-refractivity contribution < 1.29 is 13.9 Å². The topological polar surface area (TPSA) is 69.3 Å². The van der Waals surface area contributed by atoms with E-state index in [0.29, 0.717) is 17.9 Å². The second-order valence-electron chi connectivity index (χ2n) is 5.56. The summed E-state index contributed by atoms with van der Waals surface area (Å²) in [5.41, 5.74) is 0.585. The fourth-order valence-electron chi connectivity index (χ4n) is 2.94. The number of amides is 1. The molecule has 2 aromatic heterocycles. The van der Waals surface area contributed by atoms with Gasteiger partial charge in [0.05, 0.1) is 11.6 Å². The molecule has 22 heavy (non-hydrogen) atoms. The van der Waals surface area contributed by atoms with Crippen molar-refractivity contribution in [1.29, 1.82) is 0 Å². The van der Waals surface area contributed by atoms with Gasteiger partial charge in [-0.25, -0.2) is 4.98 Å². The second kappa shape index (κ2) is 5.96. The van der Waals surface area contributed by atoms with E-state index < -0.39 is 0 Å². The number of nitrogens with one attached hydrogen (secondary N) is 1. The summed E-state index contributed by atoms with van der Waals surface area (Å²) in [4.78, 5) is 16.8. The van der Waals surface area contributed by atoms with E-state index in [1.54, 1.807) is 19.2 Å². The van der Waals surface area contributed by atoms with E-state index >= 15 is 0 Å². The molecule has 1 amide bonds. The van der Waals surface area contributed by atoms with Crippen LogP contribution in [0.15, 0.2) is 22.9 Å². The van der Waals surface area contributed by atoms with Crippen LogP contribution in [0.5, 0.6) is 0 Å². The Labute approximate surface area is 129 Å². The highest BCUT2D eigenvalue weighted by molar-refractivity contribution is 5.95. The predicted molar refractivity (Wildman–Crippen MR) is 80.6 cm³/mol. The van der Waals surface area contributed by atoms with Crippen LogP contribution in [0, 0.1) is 13.8 Å². The number of carbonyl (C=O) groups excluding carboxylic acids is 1. The zero-order valence-corrected chi connectivity index (χ0v) is 13.1. The highest BCUT2D eigenvalue weighted by Crippen LogP contribution is 2.28. The second-order valence-corrected chi connectivity index (χ2v) is 5.56. The fourth-order valence-corrected chi connectivity index (χ4v) is 2.94. The summed E-state index contributed by atoms with van der Waals surface area (Å²) in [5.74, 6) is 2.12. The molecule has 118 valence electrons.